The van der Waals surface area contributed by atoms with Gasteiger partial charge in [0.15, 0.2) is 0 Å². The summed E-state index contributed by atoms with van der Waals surface area (Å²) in [5, 5.41) is 0.490. The first kappa shape index (κ1) is 9.83. The molecule has 0 unspecified atom stereocenters. The van der Waals surface area contributed by atoms with Crippen molar-refractivity contribution in [3.8, 4) is 0 Å². The lowest BCUT2D eigenvalue weighted by molar-refractivity contribution is 0.627. The van der Waals surface area contributed by atoms with Crippen LogP contribution < -0.4 is 5.56 Å². The maximum atomic E-state index is 13.1. The van der Waals surface area contributed by atoms with Crippen LogP contribution in [0, 0.1) is 19.7 Å². The zero-order valence-corrected chi connectivity index (χ0v) is 8.84. The van der Waals surface area contributed by atoms with Crippen molar-refractivity contribution in [3.05, 3.63) is 39.7 Å². The highest BCUT2D eigenvalue weighted by Crippen LogP contribution is 2.14. The summed E-state index contributed by atoms with van der Waals surface area (Å²) in [5.74, 6) is 0.220. The molecule has 15 heavy (non-hydrogen) atoms. The molecular weight excluding hydrogens is 195 g/mol. The molecule has 0 saturated carbocycles. The van der Waals surface area contributed by atoms with Crippen LogP contribution in [-0.2, 0) is 7.05 Å². The minimum atomic E-state index is -0.361. The second-order valence-electron chi connectivity index (χ2n) is 3.64. The van der Waals surface area contributed by atoms with Crippen LogP contribution in [0.5, 0.6) is 0 Å². The lowest BCUT2D eigenvalue weighted by Gasteiger charge is -2.06. The minimum Gasteiger partial charge on any atom is -0.299 e. The molecule has 0 aliphatic heterocycles. The van der Waals surface area contributed by atoms with Crippen LogP contribution in [0.25, 0.3) is 10.9 Å². The Morgan fingerprint density at radius 2 is 2.00 bits per heavy atom. The Morgan fingerprint density at radius 1 is 1.33 bits per heavy atom. The number of nitrogens with zero attached hydrogens (tertiary/aromatic N) is 2. The van der Waals surface area contributed by atoms with Crippen LogP contribution in [0.15, 0.2) is 16.9 Å². The standard InChI is InChI=1S/C11H11FN2O/c1-6-4-8(12)5-9-10(6)11(15)14(3)7(2)13-9/h4-5H,1-3H3. The van der Waals surface area contributed by atoms with Gasteiger partial charge in [0, 0.05) is 13.1 Å². The van der Waals surface area contributed by atoms with Gasteiger partial charge in [0.25, 0.3) is 5.56 Å². The van der Waals surface area contributed by atoms with E-state index in [-0.39, 0.29) is 11.4 Å². The number of hydrogen-bond donors (Lipinski definition) is 0. The number of halogens is 1. The molecule has 0 fully saturated rings. The van der Waals surface area contributed by atoms with Gasteiger partial charge in [-0.3, -0.25) is 9.36 Å². The predicted octanol–water partition coefficient (Wildman–Crippen LogP) is 1.69. The molecule has 0 spiro atoms. The molecule has 3 nitrogen and oxygen atoms in total. The Balaban J connectivity index is 3.06. The van der Waals surface area contributed by atoms with Crippen molar-refractivity contribution in [1.82, 2.24) is 9.55 Å². The Kier molecular flexibility index (Phi) is 2.07. The molecule has 2 rings (SSSR count). The monoisotopic (exact) mass is 206 g/mol. The van der Waals surface area contributed by atoms with Crippen molar-refractivity contribution in [2.75, 3.05) is 0 Å². The van der Waals surface area contributed by atoms with Gasteiger partial charge in [0.1, 0.15) is 11.6 Å². The molecule has 2 aromatic rings. The molecule has 1 aromatic carbocycles. The summed E-state index contributed by atoms with van der Waals surface area (Å²) in [6, 6.07) is 2.64. The van der Waals surface area contributed by atoms with Gasteiger partial charge in [0.05, 0.1) is 10.9 Å². The van der Waals surface area contributed by atoms with E-state index in [4.69, 9.17) is 0 Å². The summed E-state index contributed by atoms with van der Waals surface area (Å²) < 4.78 is 14.6. The Hall–Kier alpha value is -1.71. The topological polar surface area (TPSA) is 34.9 Å². The number of rotatable bonds is 0. The quantitative estimate of drug-likeness (QED) is 0.657. The Labute approximate surface area is 86.2 Å². The summed E-state index contributed by atoms with van der Waals surface area (Å²) in [5.41, 5.74) is 0.918. The molecule has 0 N–H and O–H groups in total. The molecule has 0 saturated heterocycles. The number of aryl methyl sites for hydroxylation is 2. The third-order valence-electron chi connectivity index (χ3n) is 2.57. The summed E-state index contributed by atoms with van der Waals surface area (Å²) in [7, 11) is 1.66. The van der Waals surface area contributed by atoms with Gasteiger partial charge in [-0.2, -0.15) is 0 Å². The maximum Gasteiger partial charge on any atom is 0.261 e. The first-order chi connectivity index (χ1) is 7.00. The van der Waals surface area contributed by atoms with Crippen molar-refractivity contribution in [2.24, 2.45) is 7.05 Å². The third-order valence-corrected chi connectivity index (χ3v) is 2.57. The number of benzene rings is 1. The van der Waals surface area contributed by atoms with Crippen LogP contribution in [0.3, 0.4) is 0 Å². The minimum absolute atomic E-state index is 0.130. The highest BCUT2D eigenvalue weighted by atomic mass is 19.1. The molecule has 0 amide bonds. The SMILES string of the molecule is Cc1cc(F)cc2nc(C)n(C)c(=O)c12. The van der Waals surface area contributed by atoms with E-state index < -0.39 is 0 Å². The van der Waals surface area contributed by atoms with Crippen molar-refractivity contribution in [1.29, 1.82) is 0 Å². The van der Waals surface area contributed by atoms with E-state index in [0.29, 0.717) is 22.3 Å². The van der Waals surface area contributed by atoms with Gasteiger partial charge in [0.2, 0.25) is 0 Å². The lowest BCUT2D eigenvalue weighted by Crippen LogP contribution is -2.21. The number of fused-ring (bicyclic) bond motifs is 1. The Bertz CT molecular complexity index is 602. The summed E-state index contributed by atoms with van der Waals surface area (Å²) in [6.07, 6.45) is 0. The second-order valence-corrected chi connectivity index (χ2v) is 3.64. The van der Waals surface area contributed by atoms with E-state index in [1.54, 1.807) is 20.9 Å². The van der Waals surface area contributed by atoms with Crippen molar-refractivity contribution in [3.63, 3.8) is 0 Å². The molecule has 0 bridgehead atoms. The number of hydrogen-bond acceptors (Lipinski definition) is 2. The summed E-state index contributed by atoms with van der Waals surface area (Å²) >= 11 is 0. The summed E-state index contributed by atoms with van der Waals surface area (Å²) in [6.45, 7) is 3.44. The normalized spacial score (nSPS) is 10.9. The molecule has 0 aliphatic carbocycles. The molecule has 4 heteroatoms. The van der Waals surface area contributed by atoms with Crippen LogP contribution in [-0.4, -0.2) is 9.55 Å². The smallest absolute Gasteiger partial charge is 0.261 e. The third kappa shape index (κ3) is 1.42. The number of aromatic nitrogens is 2. The average molecular weight is 206 g/mol. The molecule has 78 valence electrons. The fraction of sp³-hybridized carbons (Fsp3) is 0.273. The van der Waals surface area contributed by atoms with Crippen molar-refractivity contribution >= 4 is 10.9 Å². The van der Waals surface area contributed by atoms with E-state index in [0.717, 1.165) is 0 Å². The van der Waals surface area contributed by atoms with E-state index in [1.165, 1.54) is 16.7 Å². The first-order valence-corrected chi connectivity index (χ1v) is 4.64. The van der Waals surface area contributed by atoms with Gasteiger partial charge in [-0.15, -0.1) is 0 Å². The second kappa shape index (κ2) is 3.15. The Morgan fingerprint density at radius 3 is 2.67 bits per heavy atom. The van der Waals surface area contributed by atoms with Gasteiger partial charge < -0.3 is 0 Å². The fourth-order valence-electron chi connectivity index (χ4n) is 1.66. The molecule has 0 radical (unpaired) electrons. The first-order valence-electron chi connectivity index (χ1n) is 4.64. The van der Waals surface area contributed by atoms with Crippen LogP contribution in [0.4, 0.5) is 4.39 Å². The van der Waals surface area contributed by atoms with Gasteiger partial charge in [-0.05, 0) is 25.5 Å². The average Bonchev–Trinajstić information content (AvgIpc) is 2.13. The van der Waals surface area contributed by atoms with Crippen molar-refractivity contribution < 1.29 is 4.39 Å². The highest BCUT2D eigenvalue weighted by Gasteiger charge is 2.09. The maximum absolute atomic E-state index is 13.1. The van der Waals surface area contributed by atoms with Crippen LogP contribution in [0.2, 0.25) is 0 Å². The van der Waals surface area contributed by atoms with E-state index in [2.05, 4.69) is 4.98 Å². The molecule has 0 atom stereocenters. The van der Waals surface area contributed by atoms with Crippen LogP contribution >= 0.6 is 0 Å². The van der Waals surface area contributed by atoms with E-state index in [1.807, 2.05) is 0 Å². The van der Waals surface area contributed by atoms with E-state index >= 15 is 0 Å². The van der Waals surface area contributed by atoms with Crippen molar-refractivity contribution in [2.45, 2.75) is 13.8 Å². The molecule has 1 heterocycles. The zero-order chi connectivity index (χ0) is 11.2. The van der Waals surface area contributed by atoms with E-state index in [9.17, 15) is 9.18 Å². The molecule has 1 aromatic heterocycles. The summed E-state index contributed by atoms with van der Waals surface area (Å²) in [4.78, 5) is 16.1. The molecular formula is C11H11FN2O. The largest absolute Gasteiger partial charge is 0.299 e. The predicted molar refractivity (Wildman–Crippen MR) is 56.4 cm³/mol. The zero-order valence-electron chi connectivity index (χ0n) is 8.84. The van der Waals surface area contributed by atoms with Gasteiger partial charge >= 0.3 is 0 Å². The van der Waals surface area contributed by atoms with Gasteiger partial charge in [-0.1, -0.05) is 0 Å². The van der Waals surface area contributed by atoms with Crippen LogP contribution in [0.1, 0.15) is 11.4 Å². The van der Waals surface area contributed by atoms with Gasteiger partial charge in [-0.25, -0.2) is 9.37 Å². The highest BCUT2D eigenvalue weighted by molar-refractivity contribution is 5.81. The lowest BCUT2D eigenvalue weighted by atomic mass is 10.1. The fourth-order valence-corrected chi connectivity index (χ4v) is 1.66. The molecule has 0 aliphatic rings.